The quantitative estimate of drug-likeness (QED) is 0.811. The van der Waals surface area contributed by atoms with E-state index in [2.05, 4.69) is 5.32 Å². The van der Waals surface area contributed by atoms with Crippen LogP contribution >= 0.6 is 0 Å². The highest BCUT2D eigenvalue weighted by Gasteiger charge is 2.58. The molecule has 1 N–H and O–H groups in total. The number of amides is 2. The summed E-state index contributed by atoms with van der Waals surface area (Å²) in [7, 11) is 3.48. The van der Waals surface area contributed by atoms with Crippen molar-refractivity contribution in [2.45, 2.75) is 19.5 Å². The van der Waals surface area contributed by atoms with Gasteiger partial charge in [0.1, 0.15) is 5.75 Å². The predicted octanol–water partition coefficient (Wildman–Crippen LogP) is 0.919. The van der Waals surface area contributed by atoms with Crippen LogP contribution in [-0.4, -0.2) is 30.9 Å². The third kappa shape index (κ3) is 2.08. The largest absolute Gasteiger partial charge is 0.496 e. The highest BCUT2D eigenvalue weighted by molar-refractivity contribution is 6.08. The van der Waals surface area contributed by atoms with Crippen LogP contribution in [0.25, 0.3) is 0 Å². The molecule has 0 radical (unpaired) electrons. The Morgan fingerprint density at radius 2 is 2.00 bits per heavy atom. The number of imide groups is 1. The number of piperidine rings is 1. The van der Waals surface area contributed by atoms with Crippen LogP contribution in [-0.2, 0) is 22.7 Å². The molecule has 20 heavy (non-hydrogen) atoms. The number of benzene rings is 1. The van der Waals surface area contributed by atoms with Crippen LogP contribution in [0.3, 0.4) is 0 Å². The van der Waals surface area contributed by atoms with Gasteiger partial charge in [-0.15, -0.1) is 0 Å². The van der Waals surface area contributed by atoms with Crippen molar-refractivity contribution in [1.82, 2.24) is 10.2 Å². The fourth-order valence-electron chi connectivity index (χ4n) is 2.85. The van der Waals surface area contributed by atoms with Gasteiger partial charge in [-0.2, -0.15) is 0 Å². The van der Waals surface area contributed by atoms with Gasteiger partial charge in [0.15, 0.2) is 0 Å². The molecule has 2 fully saturated rings. The van der Waals surface area contributed by atoms with E-state index in [1.54, 1.807) is 7.11 Å². The summed E-state index contributed by atoms with van der Waals surface area (Å²) in [5, 5.41) is 3.09. The highest BCUT2D eigenvalue weighted by atomic mass is 16.5. The summed E-state index contributed by atoms with van der Waals surface area (Å²) in [4.78, 5) is 25.4. The van der Waals surface area contributed by atoms with E-state index in [1.807, 2.05) is 25.2 Å². The Bertz CT molecular complexity index is 550. The summed E-state index contributed by atoms with van der Waals surface area (Å²) in [5.41, 5.74) is 1.98. The Labute approximate surface area is 117 Å². The van der Waals surface area contributed by atoms with Crippen LogP contribution in [0.2, 0.25) is 0 Å². The Hall–Kier alpha value is -1.88. The first kappa shape index (κ1) is 13.1. The van der Waals surface area contributed by atoms with Crippen LogP contribution < -0.4 is 10.1 Å². The van der Waals surface area contributed by atoms with Gasteiger partial charge in [0.25, 0.3) is 0 Å². The molecule has 1 aromatic rings. The van der Waals surface area contributed by atoms with E-state index in [4.69, 9.17) is 4.74 Å². The Morgan fingerprint density at radius 3 is 2.60 bits per heavy atom. The van der Waals surface area contributed by atoms with Crippen molar-refractivity contribution < 1.29 is 14.3 Å². The van der Waals surface area contributed by atoms with E-state index < -0.39 is 0 Å². The molecule has 1 saturated carbocycles. The fraction of sp³-hybridized carbons (Fsp3) is 0.467. The summed E-state index contributed by atoms with van der Waals surface area (Å²) in [5.74, 6) is 0.566. The zero-order valence-corrected chi connectivity index (χ0v) is 11.7. The van der Waals surface area contributed by atoms with Crippen LogP contribution in [0.4, 0.5) is 0 Å². The summed E-state index contributed by atoms with van der Waals surface area (Å²) in [6.45, 7) is 1.05. The van der Waals surface area contributed by atoms with Gasteiger partial charge in [0.2, 0.25) is 11.8 Å². The van der Waals surface area contributed by atoms with E-state index >= 15 is 0 Å². The van der Waals surface area contributed by atoms with Crippen molar-refractivity contribution in [2.24, 2.45) is 11.8 Å². The number of nitrogens with zero attached hydrogens (tertiary/aromatic N) is 1. The number of hydrogen-bond donors (Lipinski definition) is 1. The van der Waals surface area contributed by atoms with Gasteiger partial charge in [-0.3, -0.25) is 14.5 Å². The molecule has 1 heterocycles. The molecule has 1 aromatic carbocycles. The topological polar surface area (TPSA) is 58.6 Å². The van der Waals surface area contributed by atoms with E-state index in [-0.39, 0.29) is 23.7 Å². The van der Waals surface area contributed by atoms with Gasteiger partial charge in [-0.1, -0.05) is 6.07 Å². The number of carbonyl (C=O) groups excluding carboxylic acids is 2. The molecule has 1 aliphatic heterocycles. The standard InChI is InChI=1S/C15H18N2O3/c1-16-7-9-3-4-13(20-2)10(5-9)8-17-14(18)11-6-12(11)15(17)19/h3-5,11-12,16H,6-8H2,1-2H3. The first-order chi connectivity index (χ1) is 9.65. The smallest absolute Gasteiger partial charge is 0.233 e. The van der Waals surface area contributed by atoms with Crippen molar-refractivity contribution >= 4 is 11.8 Å². The number of hydrogen-bond acceptors (Lipinski definition) is 4. The van der Waals surface area contributed by atoms with Crippen LogP contribution in [0.5, 0.6) is 5.75 Å². The number of carbonyl (C=O) groups is 2. The number of rotatable bonds is 5. The van der Waals surface area contributed by atoms with Gasteiger partial charge in [0, 0.05) is 12.1 Å². The number of ether oxygens (including phenoxy) is 1. The minimum Gasteiger partial charge on any atom is -0.496 e. The number of nitrogens with one attached hydrogen (secondary N) is 1. The SMILES string of the molecule is CNCc1ccc(OC)c(CN2C(=O)C3CC3C2=O)c1. The highest BCUT2D eigenvalue weighted by Crippen LogP contribution is 2.47. The van der Waals surface area contributed by atoms with E-state index in [9.17, 15) is 9.59 Å². The third-order valence-corrected chi connectivity index (χ3v) is 4.01. The molecule has 3 rings (SSSR count). The lowest BCUT2D eigenvalue weighted by molar-refractivity contribution is -0.142. The van der Waals surface area contributed by atoms with Gasteiger partial charge < -0.3 is 10.1 Å². The minimum atomic E-state index is -0.0472. The average Bonchev–Trinajstić information content (AvgIpc) is 3.20. The normalized spacial score (nSPS) is 24.0. The minimum absolute atomic E-state index is 0.0268. The van der Waals surface area contributed by atoms with E-state index in [0.717, 1.165) is 24.1 Å². The van der Waals surface area contributed by atoms with Gasteiger partial charge in [-0.05, 0) is 31.2 Å². The molecule has 5 heteroatoms. The fourth-order valence-corrected chi connectivity index (χ4v) is 2.85. The second kappa shape index (κ2) is 4.90. The maximum Gasteiger partial charge on any atom is 0.233 e. The second-order valence-electron chi connectivity index (χ2n) is 5.39. The lowest BCUT2D eigenvalue weighted by Crippen LogP contribution is -2.32. The summed E-state index contributed by atoms with van der Waals surface area (Å²) >= 11 is 0. The second-order valence-corrected chi connectivity index (χ2v) is 5.39. The molecule has 0 spiro atoms. The Morgan fingerprint density at radius 1 is 1.30 bits per heavy atom. The zero-order chi connectivity index (χ0) is 14.3. The van der Waals surface area contributed by atoms with Crippen molar-refractivity contribution in [2.75, 3.05) is 14.2 Å². The molecule has 2 aliphatic rings. The van der Waals surface area contributed by atoms with Crippen LogP contribution in [0.15, 0.2) is 18.2 Å². The monoisotopic (exact) mass is 274 g/mol. The summed E-state index contributed by atoms with van der Waals surface area (Å²) < 4.78 is 5.33. The third-order valence-electron chi connectivity index (χ3n) is 4.01. The van der Waals surface area contributed by atoms with E-state index in [0.29, 0.717) is 12.3 Å². The summed E-state index contributed by atoms with van der Waals surface area (Å²) in [6, 6.07) is 5.84. The molecular formula is C15H18N2O3. The van der Waals surface area contributed by atoms with Crippen molar-refractivity contribution in [3.63, 3.8) is 0 Å². The predicted molar refractivity (Wildman–Crippen MR) is 72.9 cm³/mol. The number of methoxy groups -OCH3 is 1. The molecule has 2 atom stereocenters. The average molecular weight is 274 g/mol. The summed E-state index contributed by atoms with van der Waals surface area (Å²) in [6.07, 6.45) is 0.741. The van der Waals surface area contributed by atoms with Crippen molar-refractivity contribution in [1.29, 1.82) is 0 Å². The molecule has 106 valence electrons. The first-order valence-corrected chi connectivity index (χ1v) is 6.81. The van der Waals surface area contributed by atoms with E-state index in [1.165, 1.54) is 4.90 Å². The lowest BCUT2D eigenvalue weighted by atomic mass is 10.1. The Balaban J connectivity index is 1.84. The molecule has 0 aromatic heterocycles. The molecule has 1 aliphatic carbocycles. The molecular weight excluding hydrogens is 256 g/mol. The first-order valence-electron chi connectivity index (χ1n) is 6.81. The lowest BCUT2D eigenvalue weighted by Gasteiger charge is -2.19. The van der Waals surface area contributed by atoms with Crippen molar-refractivity contribution in [3.8, 4) is 5.75 Å². The molecule has 1 saturated heterocycles. The van der Waals surface area contributed by atoms with Crippen LogP contribution in [0.1, 0.15) is 17.5 Å². The molecule has 5 nitrogen and oxygen atoms in total. The number of likely N-dealkylation sites (tertiary alicyclic amines) is 1. The Kier molecular flexibility index (Phi) is 3.22. The van der Waals surface area contributed by atoms with Crippen LogP contribution in [0, 0.1) is 11.8 Å². The maximum absolute atomic E-state index is 12.0. The molecule has 2 amide bonds. The van der Waals surface area contributed by atoms with Gasteiger partial charge in [-0.25, -0.2) is 0 Å². The molecule has 2 unspecified atom stereocenters. The van der Waals surface area contributed by atoms with Crippen molar-refractivity contribution in [3.05, 3.63) is 29.3 Å². The molecule has 0 bridgehead atoms. The number of fused-ring (bicyclic) bond motifs is 1. The zero-order valence-electron chi connectivity index (χ0n) is 11.7. The van der Waals surface area contributed by atoms with Gasteiger partial charge >= 0.3 is 0 Å². The maximum atomic E-state index is 12.0. The van der Waals surface area contributed by atoms with Gasteiger partial charge in [0.05, 0.1) is 25.5 Å².